The number of rotatable bonds is 4. The lowest BCUT2D eigenvalue weighted by Gasteiger charge is -2.43. The van der Waals surface area contributed by atoms with E-state index in [-0.39, 0.29) is 11.9 Å². The molecule has 6 heteroatoms. The lowest BCUT2D eigenvalue weighted by Crippen LogP contribution is -2.60. The van der Waals surface area contributed by atoms with Crippen LogP contribution in [0.15, 0.2) is 0 Å². The van der Waals surface area contributed by atoms with E-state index < -0.39 is 5.60 Å². The average Bonchev–Trinajstić information content (AvgIpc) is 2.78. The Morgan fingerprint density at radius 1 is 1.23 bits per heavy atom. The van der Waals surface area contributed by atoms with Crippen LogP contribution < -0.4 is 0 Å². The Kier molecular flexibility index (Phi) is 5.72. The molecule has 2 fully saturated rings. The quantitative estimate of drug-likeness (QED) is 0.826. The molecule has 1 atom stereocenters. The molecular formula is C20H34N4O2. The van der Waals surface area contributed by atoms with Crippen molar-refractivity contribution in [1.82, 2.24) is 19.6 Å². The van der Waals surface area contributed by atoms with Gasteiger partial charge in [-0.25, -0.2) is 0 Å². The van der Waals surface area contributed by atoms with Gasteiger partial charge in [-0.05, 0) is 53.9 Å². The van der Waals surface area contributed by atoms with Crippen molar-refractivity contribution >= 4 is 5.91 Å². The molecule has 1 aromatic heterocycles. The van der Waals surface area contributed by atoms with Crippen molar-refractivity contribution in [2.24, 2.45) is 0 Å². The number of ether oxygens (including phenoxy) is 1. The fraction of sp³-hybridized carbons (Fsp3) is 0.800. The van der Waals surface area contributed by atoms with Gasteiger partial charge in [-0.1, -0.05) is 0 Å². The van der Waals surface area contributed by atoms with Gasteiger partial charge in [-0.15, -0.1) is 0 Å². The highest BCUT2D eigenvalue weighted by Gasteiger charge is 2.47. The number of carbonyl (C=O) groups is 1. The molecule has 1 unspecified atom stereocenters. The van der Waals surface area contributed by atoms with Crippen molar-refractivity contribution < 1.29 is 9.53 Å². The van der Waals surface area contributed by atoms with E-state index >= 15 is 0 Å². The minimum Gasteiger partial charge on any atom is -0.362 e. The smallest absolute Gasteiger partial charge is 0.256 e. The first-order valence-electron chi connectivity index (χ1n) is 10.1. The zero-order valence-corrected chi connectivity index (χ0v) is 17.0. The average molecular weight is 363 g/mol. The van der Waals surface area contributed by atoms with Crippen LogP contribution in [0.3, 0.4) is 0 Å². The van der Waals surface area contributed by atoms with Crippen LogP contribution >= 0.6 is 0 Å². The van der Waals surface area contributed by atoms with Gasteiger partial charge in [0, 0.05) is 50.0 Å². The number of amides is 1. The maximum absolute atomic E-state index is 13.3. The maximum atomic E-state index is 13.3. The van der Waals surface area contributed by atoms with E-state index in [0.29, 0.717) is 13.2 Å². The number of nitrogens with zero attached hydrogens (tertiary/aromatic N) is 4. The molecule has 6 nitrogen and oxygen atoms in total. The molecule has 2 saturated heterocycles. The summed E-state index contributed by atoms with van der Waals surface area (Å²) in [6.45, 7) is 15.3. The van der Waals surface area contributed by atoms with Gasteiger partial charge in [-0.3, -0.25) is 14.4 Å². The van der Waals surface area contributed by atoms with Gasteiger partial charge in [0.25, 0.3) is 5.91 Å². The molecule has 3 heterocycles. The molecule has 0 bridgehead atoms. The Morgan fingerprint density at radius 2 is 2.00 bits per heavy atom. The van der Waals surface area contributed by atoms with Crippen LogP contribution in [-0.4, -0.2) is 63.4 Å². The third-order valence-electron chi connectivity index (χ3n) is 5.98. The molecule has 0 aliphatic carbocycles. The van der Waals surface area contributed by atoms with Gasteiger partial charge < -0.3 is 9.64 Å². The first kappa shape index (κ1) is 19.4. The number of morpholine rings is 1. The molecule has 1 spiro atoms. The topological polar surface area (TPSA) is 50.6 Å². The van der Waals surface area contributed by atoms with Crippen LogP contribution in [0.2, 0.25) is 0 Å². The summed E-state index contributed by atoms with van der Waals surface area (Å²) in [5, 5.41) is 4.65. The van der Waals surface area contributed by atoms with Gasteiger partial charge in [0.1, 0.15) is 0 Å². The Morgan fingerprint density at radius 3 is 2.65 bits per heavy atom. The Bertz CT molecular complexity index is 654. The molecular weight excluding hydrogens is 328 g/mol. The fourth-order valence-corrected chi connectivity index (χ4v) is 4.42. The Labute approximate surface area is 157 Å². The molecule has 1 amide bonds. The number of carbonyl (C=O) groups excluding carboxylic acids is 1. The monoisotopic (exact) mass is 362 g/mol. The van der Waals surface area contributed by atoms with Crippen molar-refractivity contribution in [3.8, 4) is 0 Å². The van der Waals surface area contributed by atoms with Crippen molar-refractivity contribution in [2.45, 2.75) is 78.6 Å². The SMILES string of the molecule is CCn1nc(C)c(CN2CCOC3(CCCCN(C(C)C)C3=O)C2)c1C. The Hall–Kier alpha value is -1.40. The van der Waals surface area contributed by atoms with Crippen molar-refractivity contribution in [1.29, 1.82) is 0 Å². The molecule has 3 rings (SSSR count). The van der Waals surface area contributed by atoms with Crippen LogP contribution in [0.25, 0.3) is 0 Å². The zero-order chi connectivity index (χ0) is 18.9. The highest BCUT2D eigenvalue weighted by atomic mass is 16.5. The first-order valence-corrected chi connectivity index (χ1v) is 10.1. The minimum absolute atomic E-state index is 0.187. The second kappa shape index (κ2) is 7.69. The molecule has 0 N–H and O–H groups in total. The molecule has 2 aliphatic heterocycles. The second-order valence-electron chi connectivity index (χ2n) is 8.07. The van der Waals surface area contributed by atoms with E-state index in [9.17, 15) is 4.79 Å². The number of hydrogen-bond donors (Lipinski definition) is 0. The first-order chi connectivity index (χ1) is 12.4. The lowest BCUT2D eigenvalue weighted by molar-refractivity contribution is -0.172. The maximum Gasteiger partial charge on any atom is 0.256 e. The zero-order valence-electron chi connectivity index (χ0n) is 17.0. The van der Waals surface area contributed by atoms with Crippen LogP contribution in [0, 0.1) is 13.8 Å². The van der Waals surface area contributed by atoms with Gasteiger partial charge in [0.2, 0.25) is 0 Å². The number of aromatic nitrogens is 2. The van der Waals surface area contributed by atoms with Crippen molar-refractivity contribution in [3.05, 3.63) is 17.0 Å². The normalized spacial score (nSPS) is 25.3. The Balaban J connectivity index is 1.80. The number of likely N-dealkylation sites (tertiary alicyclic amines) is 1. The lowest BCUT2D eigenvalue weighted by atomic mass is 9.93. The third-order valence-corrected chi connectivity index (χ3v) is 5.98. The summed E-state index contributed by atoms with van der Waals surface area (Å²) in [5.74, 6) is 0.187. The molecule has 0 aromatic carbocycles. The summed E-state index contributed by atoms with van der Waals surface area (Å²) in [7, 11) is 0. The van der Waals surface area contributed by atoms with E-state index in [1.165, 1.54) is 11.3 Å². The predicted octanol–water partition coefficient (Wildman–Crippen LogP) is 2.51. The number of hydrogen-bond acceptors (Lipinski definition) is 4. The third kappa shape index (κ3) is 3.54. The molecule has 26 heavy (non-hydrogen) atoms. The van der Waals surface area contributed by atoms with Crippen LogP contribution in [-0.2, 0) is 22.6 Å². The van der Waals surface area contributed by atoms with E-state index in [1.807, 2.05) is 4.90 Å². The highest BCUT2D eigenvalue weighted by Crippen LogP contribution is 2.31. The number of aryl methyl sites for hydroxylation is 2. The summed E-state index contributed by atoms with van der Waals surface area (Å²) in [6, 6.07) is 0.226. The summed E-state index contributed by atoms with van der Waals surface area (Å²) in [6.07, 6.45) is 2.95. The highest BCUT2D eigenvalue weighted by molar-refractivity contribution is 5.86. The largest absolute Gasteiger partial charge is 0.362 e. The van der Waals surface area contributed by atoms with Gasteiger partial charge in [-0.2, -0.15) is 5.10 Å². The predicted molar refractivity (Wildman–Crippen MR) is 102 cm³/mol. The van der Waals surface area contributed by atoms with E-state index in [0.717, 1.165) is 51.1 Å². The molecule has 0 radical (unpaired) electrons. The van der Waals surface area contributed by atoms with E-state index in [1.54, 1.807) is 0 Å². The van der Waals surface area contributed by atoms with Crippen LogP contribution in [0.4, 0.5) is 0 Å². The molecule has 0 saturated carbocycles. The van der Waals surface area contributed by atoms with E-state index in [4.69, 9.17) is 4.74 Å². The molecule has 1 aromatic rings. The summed E-state index contributed by atoms with van der Waals surface area (Å²) >= 11 is 0. The second-order valence-corrected chi connectivity index (χ2v) is 8.07. The van der Waals surface area contributed by atoms with Crippen molar-refractivity contribution in [3.63, 3.8) is 0 Å². The summed E-state index contributed by atoms with van der Waals surface area (Å²) < 4.78 is 8.25. The van der Waals surface area contributed by atoms with Crippen LogP contribution in [0.5, 0.6) is 0 Å². The van der Waals surface area contributed by atoms with Gasteiger partial charge in [0.05, 0.1) is 12.3 Å². The van der Waals surface area contributed by atoms with Crippen molar-refractivity contribution in [2.75, 3.05) is 26.2 Å². The molecule has 2 aliphatic rings. The van der Waals surface area contributed by atoms with Crippen LogP contribution in [0.1, 0.15) is 57.0 Å². The van der Waals surface area contributed by atoms with E-state index in [2.05, 4.69) is 49.3 Å². The van der Waals surface area contributed by atoms with Gasteiger partial charge >= 0.3 is 0 Å². The minimum atomic E-state index is -0.665. The molecule has 146 valence electrons. The fourth-order valence-electron chi connectivity index (χ4n) is 4.42. The summed E-state index contributed by atoms with van der Waals surface area (Å²) in [5.41, 5.74) is 2.97. The summed E-state index contributed by atoms with van der Waals surface area (Å²) in [4.78, 5) is 17.7. The standard InChI is InChI=1S/C20H34N4O2/c1-6-24-17(5)18(16(4)21-24)13-22-11-12-26-20(14-22)9-7-8-10-23(15(2)3)19(20)25/h15H,6-14H2,1-5H3. The van der Waals surface area contributed by atoms with Gasteiger partial charge in [0.15, 0.2) is 5.60 Å².